The standard InChI is InChI=1S/C16H10Cl3N5O2/c17-9-5-10(18)7-11(6-9)22-15-14(24(25)26)16(21-8-20-15)23-13-4-2-1-3-12(13)19/h1-8H,(H2,20,21,22,23). The van der Waals surface area contributed by atoms with Crippen molar-refractivity contribution >= 4 is 63.5 Å². The molecular weight excluding hydrogens is 401 g/mol. The first-order valence-electron chi connectivity index (χ1n) is 7.18. The highest BCUT2D eigenvalue weighted by atomic mass is 35.5. The Kier molecular flexibility index (Phi) is 5.41. The number of benzene rings is 2. The molecular formula is C16H10Cl3N5O2. The molecule has 3 rings (SSSR count). The van der Waals surface area contributed by atoms with Gasteiger partial charge >= 0.3 is 5.69 Å². The number of nitro groups is 1. The molecule has 0 aliphatic heterocycles. The maximum atomic E-state index is 11.6. The van der Waals surface area contributed by atoms with Crippen LogP contribution in [0, 0.1) is 10.1 Å². The Balaban J connectivity index is 2.01. The smallest absolute Gasteiger partial charge is 0.334 e. The topological polar surface area (TPSA) is 93.0 Å². The average Bonchev–Trinajstić information content (AvgIpc) is 2.56. The van der Waals surface area contributed by atoms with Crippen LogP contribution in [0.5, 0.6) is 0 Å². The molecule has 0 unspecified atom stereocenters. The predicted molar refractivity (Wildman–Crippen MR) is 103 cm³/mol. The van der Waals surface area contributed by atoms with Crippen LogP contribution in [-0.2, 0) is 0 Å². The molecule has 3 aromatic rings. The monoisotopic (exact) mass is 409 g/mol. The first-order valence-corrected chi connectivity index (χ1v) is 8.31. The Morgan fingerprint density at radius 1 is 0.923 bits per heavy atom. The zero-order valence-electron chi connectivity index (χ0n) is 12.9. The normalized spacial score (nSPS) is 10.4. The van der Waals surface area contributed by atoms with E-state index in [-0.39, 0.29) is 17.3 Å². The molecule has 2 N–H and O–H groups in total. The molecule has 7 nitrogen and oxygen atoms in total. The number of hydrogen-bond acceptors (Lipinski definition) is 6. The van der Waals surface area contributed by atoms with E-state index in [2.05, 4.69) is 20.6 Å². The van der Waals surface area contributed by atoms with Crippen LogP contribution in [0.4, 0.5) is 28.7 Å². The van der Waals surface area contributed by atoms with Gasteiger partial charge in [-0.2, -0.15) is 0 Å². The van der Waals surface area contributed by atoms with E-state index >= 15 is 0 Å². The van der Waals surface area contributed by atoms with Gasteiger partial charge in [-0.05, 0) is 30.3 Å². The van der Waals surface area contributed by atoms with E-state index in [4.69, 9.17) is 34.8 Å². The largest absolute Gasteiger partial charge is 0.353 e. The summed E-state index contributed by atoms with van der Waals surface area (Å²) in [6.45, 7) is 0. The van der Waals surface area contributed by atoms with Gasteiger partial charge in [0.2, 0.25) is 11.6 Å². The van der Waals surface area contributed by atoms with Crippen LogP contribution in [0.3, 0.4) is 0 Å². The maximum absolute atomic E-state index is 11.6. The van der Waals surface area contributed by atoms with E-state index in [1.807, 2.05) is 0 Å². The SMILES string of the molecule is O=[N+]([O-])c1c(Nc2cc(Cl)cc(Cl)c2)ncnc1Nc1ccccc1Cl. The number of hydrogen-bond donors (Lipinski definition) is 2. The summed E-state index contributed by atoms with van der Waals surface area (Å²) >= 11 is 18.0. The molecule has 1 aromatic heterocycles. The third-order valence-electron chi connectivity index (χ3n) is 3.26. The maximum Gasteiger partial charge on any atom is 0.353 e. The van der Waals surface area contributed by atoms with E-state index < -0.39 is 4.92 Å². The Morgan fingerprint density at radius 3 is 2.15 bits per heavy atom. The van der Waals surface area contributed by atoms with Crippen LogP contribution >= 0.6 is 34.8 Å². The highest BCUT2D eigenvalue weighted by Crippen LogP contribution is 2.35. The molecule has 2 aromatic carbocycles. The minimum absolute atomic E-state index is 0.00581. The van der Waals surface area contributed by atoms with Crippen molar-refractivity contribution in [2.24, 2.45) is 0 Å². The Bertz CT molecular complexity index is 964. The minimum atomic E-state index is -0.590. The molecule has 0 amide bonds. The fourth-order valence-electron chi connectivity index (χ4n) is 2.19. The lowest BCUT2D eigenvalue weighted by atomic mass is 10.3. The number of rotatable bonds is 5. The van der Waals surface area contributed by atoms with Crippen molar-refractivity contribution < 1.29 is 4.92 Å². The van der Waals surface area contributed by atoms with Gasteiger partial charge in [0.1, 0.15) is 6.33 Å². The molecule has 0 aliphatic rings. The first kappa shape index (κ1) is 18.2. The van der Waals surface area contributed by atoms with Gasteiger partial charge in [0.25, 0.3) is 0 Å². The highest BCUT2D eigenvalue weighted by molar-refractivity contribution is 6.35. The molecule has 0 radical (unpaired) electrons. The second-order valence-corrected chi connectivity index (χ2v) is 6.34. The quantitative estimate of drug-likeness (QED) is 0.406. The number of para-hydroxylation sites is 1. The minimum Gasteiger partial charge on any atom is -0.334 e. The molecule has 0 spiro atoms. The van der Waals surface area contributed by atoms with Crippen molar-refractivity contribution in [1.29, 1.82) is 0 Å². The zero-order valence-corrected chi connectivity index (χ0v) is 15.2. The molecule has 0 bridgehead atoms. The van der Waals surface area contributed by atoms with Crippen molar-refractivity contribution in [3.05, 3.63) is 74.0 Å². The fourth-order valence-corrected chi connectivity index (χ4v) is 2.90. The average molecular weight is 411 g/mol. The third-order valence-corrected chi connectivity index (χ3v) is 4.02. The molecule has 0 aliphatic carbocycles. The summed E-state index contributed by atoms with van der Waals surface area (Å²) < 4.78 is 0. The van der Waals surface area contributed by atoms with Crippen molar-refractivity contribution in [3.8, 4) is 0 Å². The molecule has 0 saturated heterocycles. The summed E-state index contributed by atoms with van der Waals surface area (Å²) in [4.78, 5) is 18.9. The molecule has 0 saturated carbocycles. The second kappa shape index (κ2) is 7.74. The van der Waals surface area contributed by atoms with Crippen molar-refractivity contribution in [2.45, 2.75) is 0 Å². The molecule has 132 valence electrons. The number of halogens is 3. The summed E-state index contributed by atoms with van der Waals surface area (Å²) in [6.07, 6.45) is 1.20. The van der Waals surface area contributed by atoms with E-state index in [0.29, 0.717) is 26.4 Å². The summed E-state index contributed by atoms with van der Waals surface area (Å²) in [5, 5.41) is 18.5. The van der Waals surface area contributed by atoms with E-state index in [0.717, 1.165) is 0 Å². The van der Waals surface area contributed by atoms with Crippen molar-refractivity contribution in [3.63, 3.8) is 0 Å². The number of nitrogens with zero attached hydrogens (tertiary/aromatic N) is 3. The Labute approximate surface area is 163 Å². The molecule has 1 heterocycles. The van der Waals surface area contributed by atoms with Crippen LogP contribution in [0.1, 0.15) is 0 Å². The van der Waals surface area contributed by atoms with Gasteiger partial charge in [0, 0.05) is 15.7 Å². The van der Waals surface area contributed by atoms with E-state index in [1.165, 1.54) is 6.33 Å². The molecule has 26 heavy (non-hydrogen) atoms. The van der Waals surface area contributed by atoms with Gasteiger partial charge in [-0.25, -0.2) is 9.97 Å². The molecule has 0 atom stereocenters. The highest BCUT2D eigenvalue weighted by Gasteiger charge is 2.24. The van der Waals surface area contributed by atoms with Gasteiger partial charge in [0.15, 0.2) is 0 Å². The van der Waals surface area contributed by atoms with Crippen LogP contribution < -0.4 is 10.6 Å². The van der Waals surface area contributed by atoms with Crippen LogP contribution in [0.25, 0.3) is 0 Å². The van der Waals surface area contributed by atoms with E-state index in [1.54, 1.807) is 42.5 Å². The Morgan fingerprint density at radius 2 is 1.54 bits per heavy atom. The zero-order chi connectivity index (χ0) is 18.7. The number of aromatic nitrogens is 2. The van der Waals surface area contributed by atoms with Crippen LogP contribution in [-0.4, -0.2) is 14.9 Å². The lowest BCUT2D eigenvalue weighted by Crippen LogP contribution is -2.05. The van der Waals surface area contributed by atoms with Crippen LogP contribution in [0.2, 0.25) is 15.1 Å². The summed E-state index contributed by atoms with van der Waals surface area (Å²) in [6, 6.07) is 11.5. The van der Waals surface area contributed by atoms with Gasteiger partial charge in [-0.3, -0.25) is 10.1 Å². The van der Waals surface area contributed by atoms with Gasteiger partial charge in [-0.15, -0.1) is 0 Å². The summed E-state index contributed by atoms with van der Waals surface area (Å²) in [5.74, 6) is -0.0217. The van der Waals surface area contributed by atoms with E-state index in [9.17, 15) is 10.1 Å². The van der Waals surface area contributed by atoms with Crippen LogP contribution in [0.15, 0.2) is 48.8 Å². The van der Waals surface area contributed by atoms with Gasteiger partial charge in [0.05, 0.1) is 15.6 Å². The number of anilines is 4. The molecule has 0 fully saturated rings. The van der Waals surface area contributed by atoms with Gasteiger partial charge in [-0.1, -0.05) is 46.9 Å². The first-order chi connectivity index (χ1) is 12.4. The lowest BCUT2D eigenvalue weighted by molar-refractivity contribution is -0.383. The van der Waals surface area contributed by atoms with Crippen molar-refractivity contribution in [2.75, 3.05) is 10.6 Å². The van der Waals surface area contributed by atoms with Crippen molar-refractivity contribution in [1.82, 2.24) is 9.97 Å². The predicted octanol–water partition coefficient (Wildman–Crippen LogP) is 5.83. The molecule has 10 heteroatoms. The number of nitrogens with one attached hydrogen (secondary N) is 2. The summed E-state index contributed by atoms with van der Waals surface area (Å²) in [5.41, 5.74) is 0.587. The second-order valence-electron chi connectivity index (χ2n) is 5.06. The Hall–Kier alpha value is -2.61. The fraction of sp³-hybridized carbons (Fsp3) is 0. The summed E-state index contributed by atoms with van der Waals surface area (Å²) in [7, 11) is 0. The van der Waals surface area contributed by atoms with Gasteiger partial charge < -0.3 is 10.6 Å². The third kappa shape index (κ3) is 4.13. The lowest BCUT2D eigenvalue weighted by Gasteiger charge is -2.11.